The van der Waals surface area contributed by atoms with Crippen molar-refractivity contribution in [3.8, 4) is 17.2 Å². The molecular formula is C21H21ClN4O5. The van der Waals surface area contributed by atoms with Gasteiger partial charge in [0.25, 0.3) is 5.91 Å². The minimum atomic E-state index is -0.547. The average molecular weight is 445 g/mol. The van der Waals surface area contributed by atoms with Crippen LogP contribution >= 0.6 is 11.6 Å². The number of aromatic nitrogens is 2. The Morgan fingerprint density at radius 3 is 2.42 bits per heavy atom. The number of carbonyl (C=O) groups excluding carboxylic acids is 2. The molecule has 10 heteroatoms. The van der Waals surface area contributed by atoms with Crippen molar-refractivity contribution in [2.24, 2.45) is 0 Å². The van der Waals surface area contributed by atoms with Crippen LogP contribution in [0.3, 0.4) is 0 Å². The van der Waals surface area contributed by atoms with E-state index in [1.54, 1.807) is 43.3 Å². The summed E-state index contributed by atoms with van der Waals surface area (Å²) in [7, 11) is 2.97. The van der Waals surface area contributed by atoms with Crippen LogP contribution in [0.1, 0.15) is 27.6 Å². The van der Waals surface area contributed by atoms with Crippen molar-refractivity contribution in [1.82, 2.24) is 9.78 Å². The van der Waals surface area contributed by atoms with Gasteiger partial charge in [0.05, 0.1) is 43.4 Å². The van der Waals surface area contributed by atoms with Gasteiger partial charge in [0.2, 0.25) is 0 Å². The van der Waals surface area contributed by atoms with Gasteiger partial charge in [-0.25, -0.2) is 9.48 Å². The smallest absolute Gasteiger partial charge is 0.343 e. The molecule has 0 bridgehead atoms. The third-order valence-electron chi connectivity index (χ3n) is 4.40. The SMILES string of the molecule is CCOC(=O)c1cnn(-c2ccc(C(=O)Nc3cc(Cl)c(OC)cc3OC)cc2)c1N. The van der Waals surface area contributed by atoms with Crippen LogP contribution < -0.4 is 20.5 Å². The Labute approximate surface area is 183 Å². The Kier molecular flexibility index (Phi) is 6.66. The van der Waals surface area contributed by atoms with Crippen LogP contribution in [0.5, 0.6) is 11.5 Å². The van der Waals surface area contributed by atoms with Crippen molar-refractivity contribution in [3.63, 3.8) is 0 Å². The summed E-state index contributed by atoms with van der Waals surface area (Å²) in [4.78, 5) is 24.6. The van der Waals surface area contributed by atoms with Crippen LogP contribution in [0.15, 0.2) is 42.6 Å². The van der Waals surface area contributed by atoms with E-state index in [1.165, 1.54) is 25.1 Å². The maximum absolute atomic E-state index is 12.7. The maximum atomic E-state index is 12.7. The van der Waals surface area contributed by atoms with E-state index >= 15 is 0 Å². The molecule has 0 fully saturated rings. The molecule has 0 aliphatic rings. The predicted octanol–water partition coefficient (Wildman–Crippen LogP) is 3.55. The van der Waals surface area contributed by atoms with Crippen molar-refractivity contribution in [1.29, 1.82) is 0 Å². The zero-order valence-electron chi connectivity index (χ0n) is 17.1. The summed E-state index contributed by atoms with van der Waals surface area (Å²) in [5.41, 5.74) is 7.56. The maximum Gasteiger partial charge on any atom is 0.343 e. The minimum absolute atomic E-state index is 0.147. The van der Waals surface area contributed by atoms with Gasteiger partial charge in [-0.2, -0.15) is 5.10 Å². The molecule has 0 aliphatic carbocycles. The molecule has 1 aromatic heterocycles. The molecule has 162 valence electrons. The third-order valence-corrected chi connectivity index (χ3v) is 4.69. The molecule has 3 N–H and O–H groups in total. The van der Waals surface area contributed by atoms with Crippen LogP contribution in [-0.2, 0) is 4.74 Å². The summed E-state index contributed by atoms with van der Waals surface area (Å²) in [5, 5.41) is 7.22. The molecular weight excluding hydrogens is 424 g/mol. The number of nitrogens with two attached hydrogens (primary N) is 1. The molecule has 9 nitrogen and oxygen atoms in total. The molecule has 0 atom stereocenters. The summed E-state index contributed by atoms with van der Waals surface area (Å²) < 4.78 is 16.8. The number of rotatable bonds is 7. The highest BCUT2D eigenvalue weighted by molar-refractivity contribution is 6.32. The largest absolute Gasteiger partial charge is 0.495 e. The van der Waals surface area contributed by atoms with Crippen molar-refractivity contribution in [2.45, 2.75) is 6.92 Å². The lowest BCUT2D eigenvalue weighted by molar-refractivity contribution is 0.0527. The van der Waals surface area contributed by atoms with Gasteiger partial charge >= 0.3 is 5.97 Å². The Morgan fingerprint density at radius 2 is 1.81 bits per heavy atom. The van der Waals surface area contributed by atoms with Gasteiger partial charge in [-0.05, 0) is 37.3 Å². The van der Waals surface area contributed by atoms with Crippen LogP contribution in [0.4, 0.5) is 11.5 Å². The predicted molar refractivity (Wildman–Crippen MR) is 116 cm³/mol. The number of nitrogens with one attached hydrogen (secondary N) is 1. The minimum Gasteiger partial charge on any atom is -0.495 e. The first-order chi connectivity index (χ1) is 14.9. The number of methoxy groups -OCH3 is 2. The van der Waals surface area contributed by atoms with Gasteiger partial charge in [0.1, 0.15) is 22.9 Å². The zero-order valence-corrected chi connectivity index (χ0v) is 17.9. The van der Waals surface area contributed by atoms with E-state index in [1.807, 2.05) is 0 Å². The summed E-state index contributed by atoms with van der Waals surface area (Å²) in [5.74, 6) is 0.0660. The van der Waals surface area contributed by atoms with Gasteiger partial charge in [-0.1, -0.05) is 11.6 Å². The summed E-state index contributed by atoms with van der Waals surface area (Å²) >= 11 is 6.15. The molecule has 1 heterocycles. The number of ether oxygens (including phenoxy) is 3. The van der Waals surface area contributed by atoms with Crippen molar-refractivity contribution >= 4 is 35.0 Å². The van der Waals surface area contributed by atoms with Crippen molar-refractivity contribution < 1.29 is 23.8 Å². The van der Waals surface area contributed by atoms with Crippen LogP contribution in [0.2, 0.25) is 5.02 Å². The average Bonchev–Trinajstić information content (AvgIpc) is 3.15. The summed E-state index contributed by atoms with van der Waals surface area (Å²) in [6.07, 6.45) is 1.34. The van der Waals surface area contributed by atoms with Gasteiger partial charge in [0, 0.05) is 11.6 Å². The van der Waals surface area contributed by atoms with Crippen molar-refractivity contribution in [3.05, 3.63) is 58.7 Å². The Balaban J connectivity index is 1.80. The zero-order chi connectivity index (χ0) is 22.5. The highest BCUT2D eigenvalue weighted by atomic mass is 35.5. The summed E-state index contributed by atoms with van der Waals surface area (Å²) in [6.45, 7) is 1.94. The standard InChI is InChI=1S/C21H21ClN4O5/c1-4-31-21(28)14-11-24-26(19(14)23)13-7-5-12(6-8-13)20(27)25-16-9-15(22)17(29-2)10-18(16)30-3/h5-11H,4,23H2,1-3H3,(H,25,27). The number of amides is 1. The topological polar surface area (TPSA) is 118 Å². The molecule has 2 aromatic carbocycles. The van der Waals surface area contributed by atoms with E-state index in [9.17, 15) is 9.59 Å². The molecule has 31 heavy (non-hydrogen) atoms. The first kappa shape index (κ1) is 22.0. The lowest BCUT2D eigenvalue weighted by atomic mass is 10.2. The van der Waals surface area contributed by atoms with Gasteiger partial charge in [-0.3, -0.25) is 4.79 Å². The molecule has 3 aromatic rings. The molecule has 1 amide bonds. The second kappa shape index (κ2) is 9.40. The quantitative estimate of drug-likeness (QED) is 0.535. The molecule has 3 rings (SSSR count). The Morgan fingerprint density at radius 1 is 1.13 bits per heavy atom. The number of esters is 1. The fourth-order valence-electron chi connectivity index (χ4n) is 2.84. The van der Waals surface area contributed by atoms with Gasteiger partial charge in [-0.15, -0.1) is 0 Å². The number of hydrogen-bond donors (Lipinski definition) is 2. The molecule has 0 spiro atoms. The number of nitrogens with zero attached hydrogens (tertiary/aromatic N) is 2. The molecule has 0 radical (unpaired) electrons. The second-order valence-electron chi connectivity index (χ2n) is 6.26. The van der Waals surface area contributed by atoms with Crippen LogP contribution in [-0.4, -0.2) is 42.5 Å². The van der Waals surface area contributed by atoms with E-state index in [2.05, 4.69) is 10.4 Å². The molecule has 0 unspecified atom stereocenters. The monoisotopic (exact) mass is 444 g/mol. The molecule has 0 aliphatic heterocycles. The third kappa shape index (κ3) is 4.56. The highest BCUT2D eigenvalue weighted by Crippen LogP contribution is 2.36. The number of anilines is 2. The fourth-order valence-corrected chi connectivity index (χ4v) is 3.08. The molecule has 0 saturated heterocycles. The first-order valence-electron chi connectivity index (χ1n) is 9.23. The first-order valence-corrected chi connectivity index (χ1v) is 9.61. The summed E-state index contributed by atoms with van der Waals surface area (Å²) in [6, 6.07) is 9.66. The number of benzene rings is 2. The number of nitrogen functional groups attached to an aromatic ring is 1. The number of halogens is 1. The van der Waals surface area contributed by atoms with E-state index in [4.69, 9.17) is 31.5 Å². The van der Waals surface area contributed by atoms with Crippen LogP contribution in [0, 0.1) is 0 Å². The number of hydrogen-bond acceptors (Lipinski definition) is 7. The second-order valence-corrected chi connectivity index (χ2v) is 6.67. The lowest BCUT2D eigenvalue weighted by Gasteiger charge is -2.13. The van der Waals surface area contributed by atoms with E-state index in [0.717, 1.165) is 0 Å². The van der Waals surface area contributed by atoms with Gasteiger partial charge in [0.15, 0.2) is 0 Å². The van der Waals surface area contributed by atoms with Crippen LogP contribution in [0.25, 0.3) is 5.69 Å². The normalized spacial score (nSPS) is 10.5. The van der Waals surface area contributed by atoms with Crippen molar-refractivity contribution in [2.75, 3.05) is 31.9 Å². The van der Waals surface area contributed by atoms with E-state index in [0.29, 0.717) is 33.5 Å². The molecule has 0 saturated carbocycles. The fraction of sp³-hybridized carbons (Fsp3) is 0.190. The van der Waals surface area contributed by atoms with E-state index < -0.39 is 5.97 Å². The van der Waals surface area contributed by atoms with E-state index in [-0.39, 0.29) is 23.9 Å². The lowest BCUT2D eigenvalue weighted by Crippen LogP contribution is -2.13. The van der Waals surface area contributed by atoms with Gasteiger partial charge < -0.3 is 25.3 Å². The number of carbonyl (C=O) groups is 2. The Hall–Kier alpha value is -3.72. The highest BCUT2D eigenvalue weighted by Gasteiger charge is 2.18. The Bertz CT molecular complexity index is 1110.